The van der Waals surface area contributed by atoms with Gasteiger partial charge >= 0.3 is 0 Å². The number of aryl methyl sites for hydroxylation is 1. The maximum atomic E-state index is 12.5. The standard InChI is InChI=1S/C16H25NOS/c1-12(2)10-11-19(18)15-9-5-7-13-6-3-4-8-14(13)16(15)17/h3-4,6,8,12,15-16H,5,7,9-11,17H2,1-2H3. The molecule has 0 fully saturated rings. The average Bonchev–Trinajstić information content (AvgIpc) is 2.56. The molecule has 19 heavy (non-hydrogen) atoms. The van der Waals surface area contributed by atoms with Crippen molar-refractivity contribution in [2.75, 3.05) is 5.75 Å². The van der Waals surface area contributed by atoms with Crippen LogP contribution in [0.2, 0.25) is 0 Å². The zero-order chi connectivity index (χ0) is 13.8. The summed E-state index contributed by atoms with van der Waals surface area (Å²) in [6.07, 6.45) is 4.18. The number of nitrogens with two attached hydrogens (primary N) is 1. The van der Waals surface area contributed by atoms with Crippen LogP contribution in [0.15, 0.2) is 24.3 Å². The molecule has 3 heteroatoms. The summed E-state index contributed by atoms with van der Waals surface area (Å²) in [6, 6.07) is 8.32. The molecular weight excluding hydrogens is 254 g/mol. The van der Waals surface area contributed by atoms with Crippen molar-refractivity contribution in [3.63, 3.8) is 0 Å². The summed E-state index contributed by atoms with van der Waals surface area (Å²) in [7, 11) is -0.801. The summed E-state index contributed by atoms with van der Waals surface area (Å²) >= 11 is 0. The van der Waals surface area contributed by atoms with Gasteiger partial charge in [-0.1, -0.05) is 38.1 Å². The van der Waals surface area contributed by atoms with Gasteiger partial charge in [-0.3, -0.25) is 4.21 Å². The fourth-order valence-corrected chi connectivity index (χ4v) is 4.67. The molecule has 0 heterocycles. The lowest BCUT2D eigenvalue weighted by Crippen LogP contribution is -2.31. The Morgan fingerprint density at radius 3 is 2.84 bits per heavy atom. The fraction of sp³-hybridized carbons (Fsp3) is 0.625. The summed E-state index contributed by atoms with van der Waals surface area (Å²) in [5.74, 6) is 1.40. The van der Waals surface area contributed by atoms with Crippen LogP contribution in [0.25, 0.3) is 0 Å². The number of benzene rings is 1. The number of hydrogen-bond donors (Lipinski definition) is 1. The molecule has 106 valence electrons. The molecule has 0 spiro atoms. The molecule has 0 aliphatic heterocycles. The van der Waals surface area contributed by atoms with Gasteiger partial charge in [-0.2, -0.15) is 0 Å². The molecule has 0 radical (unpaired) electrons. The normalized spacial score (nSPS) is 24.8. The Morgan fingerprint density at radius 2 is 2.11 bits per heavy atom. The summed E-state index contributed by atoms with van der Waals surface area (Å²) in [6.45, 7) is 4.36. The van der Waals surface area contributed by atoms with E-state index in [1.807, 2.05) is 6.07 Å². The first-order chi connectivity index (χ1) is 9.09. The van der Waals surface area contributed by atoms with Gasteiger partial charge in [0.2, 0.25) is 0 Å². The molecular formula is C16H25NOS. The second-order valence-electron chi connectivity index (χ2n) is 5.92. The largest absolute Gasteiger partial charge is 0.323 e. The molecule has 0 aromatic heterocycles. The van der Waals surface area contributed by atoms with Crippen molar-refractivity contribution in [2.45, 2.75) is 50.8 Å². The lowest BCUT2D eigenvalue weighted by Gasteiger charge is -2.22. The summed E-state index contributed by atoms with van der Waals surface area (Å²) < 4.78 is 12.5. The van der Waals surface area contributed by atoms with Crippen LogP contribution in [0.5, 0.6) is 0 Å². The van der Waals surface area contributed by atoms with E-state index in [1.54, 1.807) is 0 Å². The zero-order valence-electron chi connectivity index (χ0n) is 12.0. The van der Waals surface area contributed by atoms with Gasteiger partial charge in [0.25, 0.3) is 0 Å². The van der Waals surface area contributed by atoms with E-state index in [-0.39, 0.29) is 11.3 Å². The second-order valence-corrected chi connectivity index (χ2v) is 7.70. The number of rotatable bonds is 4. The monoisotopic (exact) mass is 279 g/mol. The van der Waals surface area contributed by atoms with Gasteiger partial charge in [-0.25, -0.2) is 0 Å². The van der Waals surface area contributed by atoms with E-state index in [1.165, 1.54) is 11.1 Å². The minimum absolute atomic E-state index is 0.0632. The van der Waals surface area contributed by atoms with Crippen molar-refractivity contribution >= 4 is 10.8 Å². The van der Waals surface area contributed by atoms with E-state index in [0.29, 0.717) is 5.92 Å². The highest BCUT2D eigenvalue weighted by Gasteiger charge is 2.28. The molecule has 2 nitrogen and oxygen atoms in total. The van der Waals surface area contributed by atoms with Crippen LogP contribution in [0.4, 0.5) is 0 Å². The molecule has 3 atom stereocenters. The van der Waals surface area contributed by atoms with Gasteiger partial charge < -0.3 is 5.73 Å². The van der Waals surface area contributed by atoms with E-state index in [9.17, 15) is 4.21 Å². The van der Waals surface area contributed by atoms with Crippen LogP contribution >= 0.6 is 0 Å². The molecule has 0 saturated carbocycles. The Kier molecular flexibility index (Phi) is 5.17. The predicted octanol–water partition coefficient (Wildman–Crippen LogP) is 3.19. The van der Waals surface area contributed by atoms with Gasteiger partial charge in [0.15, 0.2) is 0 Å². The van der Waals surface area contributed by atoms with Crippen LogP contribution in [0, 0.1) is 5.92 Å². The molecule has 3 unspecified atom stereocenters. The van der Waals surface area contributed by atoms with Gasteiger partial charge in [-0.05, 0) is 42.7 Å². The Morgan fingerprint density at radius 1 is 1.37 bits per heavy atom. The van der Waals surface area contributed by atoms with Crippen molar-refractivity contribution < 1.29 is 4.21 Å². The number of hydrogen-bond acceptors (Lipinski definition) is 2. The lowest BCUT2D eigenvalue weighted by molar-refractivity contribution is 0.582. The second kappa shape index (κ2) is 6.67. The summed E-state index contributed by atoms with van der Waals surface area (Å²) in [4.78, 5) is 0. The summed E-state index contributed by atoms with van der Waals surface area (Å²) in [5.41, 5.74) is 8.96. The Balaban J connectivity index is 2.12. The van der Waals surface area contributed by atoms with Gasteiger partial charge in [0, 0.05) is 22.6 Å². The molecule has 2 rings (SSSR count). The third kappa shape index (κ3) is 3.67. The molecule has 1 aromatic carbocycles. The van der Waals surface area contributed by atoms with Crippen LogP contribution in [0.3, 0.4) is 0 Å². The average molecular weight is 279 g/mol. The predicted molar refractivity (Wildman–Crippen MR) is 82.6 cm³/mol. The molecule has 0 saturated heterocycles. The van der Waals surface area contributed by atoms with E-state index >= 15 is 0 Å². The zero-order valence-corrected chi connectivity index (χ0v) is 12.8. The van der Waals surface area contributed by atoms with Crippen LogP contribution in [-0.4, -0.2) is 15.2 Å². The Labute approximate surface area is 119 Å². The van der Waals surface area contributed by atoms with Crippen LogP contribution in [-0.2, 0) is 17.2 Å². The van der Waals surface area contributed by atoms with Gasteiger partial charge in [0.05, 0.1) is 5.25 Å². The third-order valence-electron chi connectivity index (χ3n) is 3.98. The minimum Gasteiger partial charge on any atom is -0.323 e. The van der Waals surface area contributed by atoms with E-state index in [2.05, 4.69) is 32.0 Å². The first kappa shape index (κ1) is 14.7. The quantitative estimate of drug-likeness (QED) is 0.860. The maximum Gasteiger partial charge on any atom is 0.0541 e. The Hall–Kier alpha value is -0.670. The highest BCUT2D eigenvalue weighted by molar-refractivity contribution is 7.85. The van der Waals surface area contributed by atoms with Crippen molar-refractivity contribution in [1.82, 2.24) is 0 Å². The van der Waals surface area contributed by atoms with E-state index < -0.39 is 10.8 Å². The smallest absolute Gasteiger partial charge is 0.0541 e. The number of fused-ring (bicyclic) bond motifs is 1. The first-order valence-corrected chi connectivity index (χ1v) is 8.68. The topological polar surface area (TPSA) is 43.1 Å². The van der Waals surface area contributed by atoms with Crippen LogP contribution < -0.4 is 5.73 Å². The Bertz CT molecular complexity index is 444. The molecule has 1 aromatic rings. The highest BCUT2D eigenvalue weighted by Crippen LogP contribution is 2.30. The van der Waals surface area contributed by atoms with E-state index in [0.717, 1.165) is 31.4 Å². The third-order valence-corrected chi connectivity index (χ3v) is 5.83. The summed E-state index contributed by atoms with van der Waals surface area (Å²) in [5, 5.41) is 0.127. The van der Waals surface area contributed by atoms with Crippen molar-refractivity contribution in [1.29, 1.82) is 0 Å². The maximum absolute atomic E-state index is 12.5. The molecule has 0 amide bonds. The van der Waals surface area contributed by atoms with Gasteiger partial charge in [-0.15, -0.1) is 0 Å². The van der Waals surface area contributed by atoms with Crippen molar-refractivity contribution in [3.8, 4) is 0 Å². The lowest BCUT2D eigenvalue weighted by atomic mass is 10.00. The minimum atomic E-state index is -0.801. The molecule has 1 aliphatic rings. The van der Waals surface area contributed by atoms with Crippen molar-refractivity contribution in [2.24, 2.45) is 11.7 Å². The highest BCUT2D eigenvalue weighted by atomic mass is 32.2. The molecule has 0 bridgehead atoms. The molecule has 1 aliphatic carbocycles. The fourth-order valence-electron chi connectivity index (χ4n) is 2.76. The van der Waals surface area contributed by atoms with Crippen molar-refractivity contribution in [3.05, 3.63) is 35.4 Å². The first-order valence-electron chi connectivity index (χ1n) is 7.30. The SMILES string of the molecule is CC(C)CCS(=O)C1CCCc2ccccc2C1N. The molecule has 2 N–H and O–H groups in total. The van der Waals surface area contributed by atoms with Crippen LogP contribution in [0.1, 0.15) is 50.3 Å². The van der Waals surface area contributed by atoms with Gasteiger partial charge in [0.1, 0.15) is 0 Å². The van der Waals surface area contributed by atoms with E-state index in [4.69, 9.17) is 5.73 Å².